The molecule has 0 radical (unpaired) electrons. The predicted molar refractivity (Wildman–Crippen MR) is 106 cm³/mol. The number of rotatable bonds is 5. The first-order valence-corrected chi connectivity index (χ1v) is 11.7. The van der Waals surface area contributed by atoms with E-state index in [0.717, 1.165) is 6.42 Å². The average molecular weight is 433 g/mol. The van der Waals surface area contributed by atoms with Crippen molar-refractivity contribution < 1.29 is 22.7 Å². The van der Waals surface area contributed by atoms with E-state index in [1.807, 2.05) is 0 Å². The number of nitrogens with zero attached hydrogens (tertiary/aromatic N) is 2. The fourth-order valence-corrected chi connectivity index (χ4v) is 5.72. The Morgan fingerprint density at radius 3 is 2.57 bits per heavy atom. The third kappa shape index (κ3) is 4.50. The van der Waals surface area contributed by atoms with E-state index in [0.29, 0.717) is 31.7 Å². The van der Waals surface area contributed by atoms with Crippen molar-refractivity contribution in [2.45, 2.75) is 19.4 Å². The van der Waals surface area contributed by atoms with Crippen LogP contribution in [0.1, 0.15) is 23.7 Å². The highest BCUT2D eigenvalue weighted by molar-refractivity contribution is 7.91. The Morgan fingerprint density at radius 2 is 2.00 bits per heavy atom. The molecule has 0 bridgehead atoms. The van der Waals surface area contributed by atoms with E-state index in [2.05, 4.69) is 11.8 Å². The normalized spacial score (nSPS) is 27.9. The van der Waals surface area contributed by atoms with Gasteiger partial charge in [-0.2, -0.15) is 0 Å². The van der Waals surface area contributed by atoms with Gasteiger partial charge in [0.2, 0.25) is 0 Å². The summed E-state index contributed by atoms with van der Waals surface area (Å²) in [5, 5.41) is 9.93. The lowest BCUT2D eigenvalue weighted by atomic mass is 9.88. The molecule has 9 heteroatoms. The smallest absolute Gasteiger partial charge is 0.254 e. The molecule has 0 spiro atoms. The molecule has 0 aliphatic carbocycles. The highest BCUT2D eigenvalue weighted by Gasteiger charge is 2.44. The van der Waals surface area contributed by atoms with Gasteiger partial charge in [0.15, 0.2) is 9.84 Å². The van der Waals surface area contributed by atoms with Gasteiger partial charge in [-0.3, -0.25) is 4.79 Å². The van der Waals surface area contributed by atoms with Crippen molar-refractivity contribution in [3.63, 3.8) is 0 Å². The molecule has 6 nitrogen and oxygen atoms in total. The lowest BCUT2D eigenvalue weighted by Crippen LogP contribution is -2.47. The largest absolute Gasteiger partial charge is 0.394 e. The van der Waals surface area contributed by atoms with Crippen LogP contribution in [0.15, 0.2) is 18.2 Å². The standard InChI is InChI=1S/C19H26ClFN2O4S/c1-2-13-10-23(19(25)14-3-4-17(21)16(20)9-14)18(12-24)15(13)11-22-5-7-28(26,27)8-6-22/h3-4,9,13,15,18,24H,2,5-8,10-12H2,1H3/t13-,15-,18-/m1/s1. The fourth-order valence-electron chi connectivity index (χ4n) is 4.26. The summed E-state index contributed by atoms with van der Waals surface area (Å²) in [5.41, 5.74) is 0.296. The summed E-state index contributed by atoms with van der Waals surface area (Å²) < 4.78 is 36.8. The molecular weight excluding hydrogens is 407 g/mol. The molecule has 1 aromatic rings. The zero-order valence-electron chi connectivity index (χ0n) is 15.9. The Kier molecular flexibility index (Phi) is 6.64. The monoisotopic (exact) mass is 432 g/mol. The molecule has 3 rings (SSSR count). The number of benzene rings is 1. The number of carbonyl (C=O) groups excluding carboxylic acids is 1. The maximum atomic E-state index is 13.4. The van der Waals surface area contributed by atoms with Crippen LogP contribution >= 0.6 is 11.6 Å². The van der Waals surface area contributed by atoms with Crippen LogP contribution in [0.3, 0.4) is 0 Å². The molecule has 2 aliphatic heterocycles. The summed E-state index contributed by atoms with van der Waals surface area (Å²) in [4.78, 5) is 16.8. The van der Waals surface area contributed by atoms with Crippen LogP contribution in [0.5, 0.6) is 0 Å². The number of hydrogen-bond acceptors (Lipinski definition) is 5. The van der Waals surface area contributed by atoms with Gasteiger partial charge in [0.05, 0.1) is 29.2 Å². The molecule has 2 aliphatic rings. The third-order valence-electron chi connectivity index (χ3n) is 5.98. The van der Waals surface area contributed by atoms with Crippen molar-refractivity contribution in [3.05, 3.63) is 34.6 Å². The van der Waals surface area contributed by atoms with Crippen LogP contribution in [0.4, 0.5) is 4.39 Å². The van der Waals surface area contributed by atoms with Gasteiger partial charge in [0.1, 0.15) is 5.82 Å². The lowest BCUT2D eigenvalue weighted by Gasteiger charge is -2.33. The predicted octanol–water partition coefficient (Wildman–Crippen LogP) is 1.67. The summed E-state index contributed by atoms with van der Waals surface area (Å²) in [6.07, 6.45) is 0.848. The molecule has 1 aromatic carbocycles. The van der Waals surface area contributed by atoms with E-state index in [9.17, 15) is 22.7 Å². The number of hydrogen-bond donors (Lipinski definition) is 1. The first-order chi connectivity index (χ1) is 13.3. The number of aliphatic hydroxyl groups is 1. The molecule has 2 saturated heterocycles. The molecule has 156 valence electrons. The summed E-state index contributed by atoms with van der Waals surface area (Å²) in [6, 6.07) is 3.53. The van der Waals surface area contributed by atoms with Crippen LogP contribution in [0.2, 0.25) is 5.02 Å². The molecule has 2 fully saturated rings. The minimum atomic E-state index is -2.95. The van der Waals surface area contributed by atoms with E-state index in [4.69, 9.17) is 11.6 Å². The number of sulfone groups is 1. The zero-order valence-corrected chi connectivity index (χ0v) is 17.4. The fraction of sp³-hybridized carbons (Fsp3) is 0.632. The van der Waals surface area contributed by atoms with Gasteiger partial charge < -0.3 is 14.9 Å². The molecule has 28 heavy (non-hydrogen) atoms. The molecule has 0 saturated carbocycles. The average Bonchev–Trinajstić information content (AvgIpc) is 3.02. The van der Waals surface area contributed by atoms with Crippen molar-refractivity contribution in [2.75, 3.05) is 44.3 Å². The van der Waals surface area contributed by atoms with Crippen molar-refractivity contribution >= 4 is 27.3 Å². The number of likely N-dealkylation sites (tertiary alicyclic amines) is 1. The lowest BCUT2D eigenvalue weighted by molar-refractivity contribution is 0.0619. The van der Waals surface area contributed by atoms with Crippen LogP contribution in [0.25, 0.3) is 0 Å². The second kappa shape index (κ2) is 8.65. The molecular formula is C19H26ClFN2O4S. The minimum absolute atomic E-state index is 0.0516. The summed E-state index contributed by atoms with van der Waals surface area (Å²) in [5.74, 6) is -0.300. The first-order valence-electron chi connectivity index (χ1n) is 9.55. The van der Waals surface area contributed by atoms with Crippen molar-refractivity contribution in [1.82, 2.24) is 9.80 Å². The Balaban J connectivity index is 1.76. The third-order valence-corrected chi connectivity index (χ3v) is 7.87. The van der Waals surface area contributed by atoms with E-state index >= 15 is 0 Å². The van der Waals surface area contributed by atoms with E-state index in [1.54, 1.807) is 4.90 Å². The Hall–Kier alpha value is -1.22. The minimum Gasteiger partial charge on any atom is -0.394 e. The van der Waals surface area contributed by atoms with Crippen LogP contribution in [0, 0.1) is 17.7 Å². The quantitative estimate of drug-likeness (QED) is 0.765. The number of carbonyl (C=O) groups is 1. The number of amides is 1. The van der Waals surface area contributed by atoms with E-state index < -0.39 is 15.7 Å². The van der Waals surface area contributed by atoms with Crippen molar-refractivity contribution in [2.24, 2.45) is 11.8 Å². The van der Waals surface area contributed by atoms with Crippen molar-refractivity contribution in [3.8, 4) is 0 Å². The Bertz CT molecular complexity index is 821. The Morgan fingerprint density at radius 1 is 1.32 bits per heavy atom. The topological polar surface area (TPSA) is 77.9 Å². The SMILES string of the molecule is CC[C@@H]1CN(C(=O)c2ccc(F)c(Cl)c2)[C@H](CO)[C@@H]1CN1CCS(=O)(=O)CC1. The van der Waals surface area contributed by atoms with Gasteiger partial charge in [-0.15, -0.1) is 0 Å². The number of halogens is 2. The highest BCUT2D eigenvalue weighted by Crippen LogP contribution is 2.34. The van der Waals surface area contributed by atoms with Gasteiger partial charge in [-0.05, 0) is 30.0 Å². The number of aliphatic hydroxyl groups excluding tert-OH is 1. The van der Waals surface area contributed by atoms with Gasteiger partial charge in [-0.1, -0.05) is 24.9 Å². The first kappa shape index (κ1) is 21.5. The zero-order chi connectivity index (χ0) is 20.5. The van der Waals surface area contributed by atoms with E-state index in [-0.39, 0.29) is 46.9 Å². The maximum absolute atomic E-state index is 13.4. The molecule has 2 heterocycles. The summed E-state index contributed by atoms with van der Waals surface area (Å²) >= 11 is 5.82. The maximum Gasteiger partial charge on any atom is 0.254 e. The second-order valence-electron chi connectivity index (χ2n) is 7.62. The van der Waals surface area contributed by atoms with Gasteiger partial charge in [-0.25, -0.2) is 12.8 Å². The molecule has 0 aromatic heterocycles. The second-order valence-corrected chi connectivity index (χ2v) is 10.3. The highest BCUT2D eigenvalue weighted by atomic mass is 35.5. The van der Waals surface area contributed by atoms with Crippen LogP contribution in [-0.2, 0) is 9.84 Å². The molecule has 0 unspecified atom stereocenters. The van der Waals surface area contributed by atoms with E-state index in [1.165, 1.54) is 18.2 Å². The van der Waals surface area contributed by atoms with Crippen LogP contribution in [-0.4, -0.2) is 79.6 Å². The Labute approximate surface area is 170 Å². The van der Waals surface area contributed by atoms with Gasteiger partial charge in [0, 0.05) is 31.7 Å². The molecule has 1 N–H and O–H groups in total. The van der Waals surface area contributed by atoms with Gasteiger partial charge >= 0.3 is 0 Å². The van der Waals surface area contributed by atoms with Crippen molar-refractivity contribution in [1.29, 1.82) is 0 Å². The molecule has 3 atom stereocenters. The van der Waals surface area contributed by atoms with Crippen LogP contribution < -0.4 is 0 Å². The van der Waals surface area contributed by atoms with Gasteiger partial charge in [0.25, 0.3) is 5.91 Å². The summed E-state index contributed by atoms with van der Waals surface area (Å²) in [7, 11) is -2.95. The summed E-state index contributed by atoms with van der Waals surface area (Å²) in [6.45, 7) is 3.99. The molecule has 1 amide bonds.